The van der Waals surface area contributed by atoms with Crippen molar-refractivity contribution in [2.75, 3.05) is 5.32 Å². The smallest absolute Gasteiger partial charge is 0.418 e. The molecule has 25 heavy (non-hydrogen) atoms. The lowest BCUT2D eigenvalue weighted by atomic mass is 10.1. The highest BCUT2D eigenvalue weighted by Gasteiger charge is 2.36. The zero-order valence-corrected chi connectivity index (χ0v) is 14.0. The van der Waals surface area contributed by atoms with Crippen LogP contribution in [0.3, 0.4) is 0 Å². The molecule has 0 fully saturated rings. The Balaban J connectivity index is 2.27. The summed E-state index contributed by atoms with van der Waals surface area (Å²) in [5.74, 6) is -1.62. The molecule has 0 heterocycles. The van der Waals surface area contributed by atoms with Crippen molar-refractivity contribution in [1.29, 1.82) is 0 Å². The molecule has 0 bridgehead atoms. The number of alkyl halides is 3. The Hall–Kier alpha value is -2.55. The Morgan fingerprint density at radius 1 is 1.16 bits per heavy atom. The quantitative estimate of drug-likeness (QED) is 0.740. The molecule has 0 aliphatic heterocycles. The van der Waals surface area contributed by atoms with Crippen molar-refractivity contribution >= 4 is 33.7 Å². The van der Waals surface area contributed by atoms with Gasteiger partial charge in [-0.05, 0) is 17.7 Å². The molecule has 0 saturated heterocycles. The van der Waals surface area contributed by atoms with Gasteiger partial charge in [0.2, 0.25) is 0 Å². The second kappa shape index (κ2) is 7.56. The largest absolute Gasteiger partial charge is 0.478 e. The average Bonchev–Trinajstić information content (AvgIpc) is 2.54. The van der Waals surface area contributed by atoms with E-state index in [0.29, 0.717) is 11.6 Å². The molecule has 0 radical (unpaired) electrons. The van der Waals surface area contributed by atoms with Gasteiger partial charge in [-0.25, -0.2) is 9.59 Å². The van der Waals surface area contributed by atoms with Crippen LogP contribution in [0.5, 0.6) is 0 Å². The van der Waals surface area contributed by atoms with Crippen LogP contribution in [-0.4, -0.2) is 17.2 Å². The Kier molecular flexibility index (Phi) is 5.68. The van der Waals surface area contributed by atoms with Gasteiger partial charge in [0, 0.05) is 4.47 Å². The van der Waals surface area contributed by atoms with Crippen LogP contribution in [0.1, 0.15) is 21.5 Å². The molecule has 132 valence electrons. The molecule has 0 spiro atoms. The summed E-state index contributed by atoms with van der Waals surface area (Å²) in [5.41, 5.74) is -2.25. The molecule has 2 rings (SSSR count). The minimum atomic E-state index is -4.87. The molecular weight excluding hydrogens is 407 g/mol. The number of carbonyl (C=O) groups is 2. The number of hydrogen-bond donors (Lipinski definition) is 2. The normalized spacial score (nSPS) is 11.0. The summed E-state index contributed by atoms with van der Waals surface area (Å²) < 4.78 is 44.3. The lowest BCUT2D eigenvalue weighted by Gasteiger charge is -2.16. The number of aromatic carboxylic acids is 1. The number of benzene rings is 2. The monoisotopic (exact) mass is 417 g/mol. The third-order valence-corrected chi connectivity index (χ3v) is 3.54. The van der Waals surface area contributed by atoms with E-state index in [1.165, 1.54) is 0 Å². The van der Waals surface area contributed by atoms with Crippen molar-refractivity contribution in [3.05, 3.63) is 63.6 Å². The van der Waals surface area contributed by atoms with Crippen molar-refractivity contribution in [2.45, 2.75) is 12.8 Å². The minimum absolute atomic E-state index is 0.0829. The third-order valence-electron chi connectivity index (χ3n) is 3.08. The first-order valence-corrected chi connectivity index (χ1v) is 7.59. The first-order valence-electron chi connectivity index (χ1n) is 6.80. The van der Waals surface area contributed by atoms with E-state index in [4.69, 9.17) is 9.84 Å². The SMILES string of the molecule is O=C(Nc1c(C(=O)O)cc(Br)cc1C(F)(F)F)OCc1ccccc1. The van der Waals surface area contributed by atoms with E-state index >= 15 is 0 Å². The second-order valence-electron chi connectivity index (χ2n) is 4.87. The van der Waals surface area contributed by atoms with Crippen LogP contribution in [0.4, 0.5) is 23.7 Å². The average molecular weight is 418 g/mol. The summed E-state index contributed by atoms with van der Waals surface area (Å²) in [5, 5.41) is 11.0. The maximum atomic E-state index is 13.2. The standard InChI is InChI=1S/C16H11BrF3NO4/c17-10-6-11(14(22)23)13(12(7-10)16(18,19)20)21-15(24)25-8-9-4-2-1-3-5-9/h1-7H,8H2,(H,21,24)(H,22,23). The first kappa shape index (κ1) is 18.8. The number of carboxylic acids is 1. The molecule has 9 heteroatoms. The molecule has 0 atom stereocenters. The van der Waals surface area contributed by atoms with E-state index in [1.54, 1.807) is 30.3 Å². The predicted octanol–water partition coefficient (Wildman–Crippen LogP) is 4.91. The number of nitrogens with one attached hydrogen (secondary N) is 1. The van der Waals surface area contributed by atoms with E-state index in [1.807, 2.05) is 5.32 Å². The Morgan fingerprint density at radius 2 is 1.80 bits per heavy atom. The molecule has 1 amide bonds. The highest BCUT2D eigenvalue weighted by Crippen LogP contribution is 2.39. The number of amides is 1. The van der Waals surface area contributed by atoms with E-state index in [0.717, 1.165) is 6.07 Å². The van der Waals surface area contributed by atoms with Crippen molar-refractivity contribution in [3.8, 4) is 0 Å². The predicted molar refractivity (Wildman–Crippen MR) is 86.4 cm³/mol. The molecule has 0 aliphatic carbocycles. The summed E-state index contributed by atoms with van der Waals surface area (Å²) in [6.45, 7) is -0.174. The van der Waals surface area contributed by atoms with Crippen LogP contribution in [0.25, 0.3) is 0 Å². The number of rotatable bonds is 4. The van der Waals surface area contributed by atoms with Crippen molar-refractivity contribution in [1.82, 2.24) is 0 Å². The summed E-state index contributed by atoms with van der Waals surface area (Å²) in [4.78, 5) is 23.1. The van der Waals surface area contributed by atoms with Crippen LogP contribution >= 0.6 is 15.9 Å². The highest BCUT2D eigenvalue weighted by molar-refractivity contribution is 9.10. The Morgan fingerprint density at radius 3 is 2.36 bits per heavy atom. The number of hydrogen-bond acceptors (Lipinski definition) is 3. The van der Waals surface area contributed by atoms with Crippen LogP contribution in [0.2, 0.25) is 0 Å². The zero-order chi connectivity index (χ0) is 18.6. The molecule has 2 aromatic carbocycles. The van der Waals surface area contributed by atoms with Crippen LogP contribution < -0.4 is 5.32 Å². The second-order valence-corrected chi connectivity index (χ2v) is 5.78. The molecule has 0 unspecified atom stereocenters. The van der Waals surface area contributed by atoms with Gasteiger partial charge in [0.05, 0.1) is 16.8 Å². The van der Waals surface area contributed by atoms with E-state index < -0.39 is 35.1 Å². The molecule has 5 nitrogen and oxygen atoms in total. The van der Waals surface area contributed by atoms with E-state index in [-0.39, 0.29) is 11.1 Å². The fourth-order valence-electron chi connectivity index (χ4n) is 2.00. The zero-order valence-electron chi connectivity index (χ0n) is 12.4. The van der Waals surface area contributed by atoms with Gasteiger partial charge in [0.25, 0.3) is 0 Å². The molecule has 0 saturated carbocycles. The van der Waals surface area contributed by atoms with Gasteiger partial charge in [0.15, 0.2) is 0 Å². The number of carboxylic acid groups (broad SMARTS) is 1. The van der Waals surface area contributed by atoms with E-state index in [9.17, 15) is 22.8 Å². The van der Waals surface area contributed by atoms with Gasteiger partial charge in [-0.2, -0.15) is 13.2 Å². The maximum Gasteiger partial charge on any atom is 0.418 e. The summed E-state index contributed by atoms with van der Waals surface area (Å²) in [6.07, 6.45) is -6.06. The van der Waals surface area contributed by atoms with Crippen molar-refractivity contribution in [2.24, 2.45) is 0 Å². The number of carbonyl (C=O) groups excluding carboxylic acids is 1. The Labute approximate surface area is 148 Å². The number of halogens is 4. The summed E-state index contributed by atoms with van der Waals surface area (Å²) >= 11 is 2.83. The topological polar surface area (TPSA) is 75.6 Å². The summed E-state index contributed by atoms with van der Waals surface area (Å²) in [6, 6.07) is 10.1. The van der Waals surface area contributed by atoms with Gasteiger partial charge in [-0.1, -0.05) is 46.3 Å². The fourth-order valence-corrected chi connectivity index (χ4v) is 2.45. The molecule has 2 aromatic rings. The third kappa shape index (κ3) is 4.96. The molecular formula is C16H11BrF3NO4. The Bertz CT molecular complexity index is 794. The maximum absolute atomic E-state index is 13.2. The lowest BCUT2D eigenvalue weighted by Crippen LogP contribution is -2.20. The molecule has 0 aromatic heterocycles. The lowest BCUT2D eigenvalue weighted by molar-refractivity contribution is -0.137. The highest BCUT2D eigenvalue weighted by atomic mass is 79.9. The van der Waals surface area contributed by atoms with Crippen LogP contribution in [0.15, 0.2) is 46.9 Å². The number of ether oxygens (including phenoxy) is 1. The van der Waals surface area contributed by atoms with Crippen molar-refractivity contribution in [3.63, 3.8) is 0 Å². The van der Waals surface area contributed by atoms with Gasteiger partial charge in [0.1, 0.15) is 6.61 Å². The van der Waals surface area contributed by atoms with Gasteiger partial charge in [-0.15, -0.1) is 0 Å². The van der Waals surface area contributed by atoms with Gasteiger partial charge in [-0.3, -0.25) is 5.32 Å². The number of anilines is 1. The molecule has 2 N–H and O–H groups in total. The summed E-state index contributed by atoms with van der Waals surface area (Å²) in [7, 11) is 0. The van der Waals surface area contributed by atoms with Gasteiger partial charge >= 0.3 is 18.2 Å². The fraction of sp³-hybridized carbons (Fsp3) is 0.125. The van der Waals surface area contributed by atoms with Crippen LogP contribution in [0, 0.1) is 0 Å². The first-order chi connectivity index (χ1) is 11.7. The molecule has 0 aliphatic rings. The van der Waals surface area contributed by atoms with Gasteiger partial charge < -0.3 is 9.84 Å². The minimum Gasteiger partial charge on any atom is -0.478 e. The van der Waals surface area contributed by atoms with E-state index in [2.05, 4.69) is 15.9 Å². The van der Waals surface area contributed by atoms with Crippen molar-refractivity contribution < 1.29 is 32.6 Å². The van der Waals surface area contributed by atoms with Crippen LogP contribution in [-0.2, 0) is 17.5 Å².